The first-order valence-electron chi connectivity index (χ1n) is 7.35. The molecule has 1 N–H and O–H groups in total. The highest BCUT2D eigenvalue weighted by Crippen LogP contribution is 2.28. The Hall–Kier alpha value is -1.14. The van der Waals surface area contributed by atoms with E-state index < -0.39 is 12.0 Å². The Balaban J connectivity index is 1.95. The van der Waals surface area contributed by atoms with Gasteiger partial charge in [0.15, 0.2) is 0 Å². The Morgan fingerprint density at radius 3 is 2.80 bits per heavy atom. The third-order valence-electron chi connectivity index (χ3n) is 4.46. The summed E-state index contributed by atoms with van der Waals surface area (Å²) in [5, 5.41) is 8.98. The van der Waals surface area contributed by atoms with E-state index in [2.05, 4.69) is 0 Å². The van der Waals surface area contributed by atoms with Gasteiger partial charge < -0.3 is 14.7 Å². The number of ether oxygens (including phenoxy) is 1. The SMILES string of the molecule is CC(C(=O)O)N(C)CC(=O)N1CCOC2CCCCC21. The summed E-state index contributed by atoms with van der Waals surface area (Å²) in [6, 6.07) is -0.472. The molecule has 0 aromatic rings. The summed E-state index contributed by atoms with van der Waals surface area (Å²) >= 11 is 0. The van der Waals surface area contributed by atoms with Crippen molar-refractivity contribution in [2.24, 2.45) is 0 Å². The predicted octanol–water partition coefficient (Wildman–Crippen LogP) is 0.561. The lowest BCUT2D eigenvalue weighted by Gasteiger charge is -2.44. The van der Waals surface area contributed by atoms with E-state index in [0.29, 0.717) is 13.2 Å². The molecule has 1 aliphatic carbocycles. The lowest BCUT2D eigenvalue weighted by molar-refractivity contribution is -0.152. The molecule has 0 aromatic heterocycles. The largest absolute Gasteiger partial charge is 0.480 e. The Kier molecular flexibility index (Phi) is 4.99. The van der Waals surface area contributed by atoms with Crippen molar-refractivity contribution in [2.75, 3.05) is 26.7 Å². The molecular weight excluding hydrogens is 260 g/mol. The molecule has 2 fully saturated rings. The van der Waals surface area contributed by atoms with Crippen LogP contribution in [-0.4, -0.2) is 71.7 Å². The fourth-order valence-corrected chi connectivity index (χ4v) is 3.04. The van der Waals surface area contributed by atoms with Crippen molar-refractivity contribution in [3.8, 4) is 0 Å². The van der Waals surface area contributed by atoms with Gasteiger partial charge >= 0.3 is 5.97 Å². The van der Waals surface area contributed by atoms with Crippen molar-refractivity contribution >= 4 is 11.9 Å². The molecule has 2 aliphatic rings. The minimum Gasteiger partial charge on any atom is -0.480 e. The van der Waals surface area contributed by atoms with Gasteiger partial charge in [-0.25, -0.2) is 0 Å². The van der Waals surface area contributed by atoms with Crippen LogP contribution in [0.1, 0.15) is 32.6 Å². The molecular formula is C14H24N2O4. The van der Waals surface area contributed by atoms with Crippen molar-refractivity contribution in [1.82, 2.24) is 9.80 Å². The summed E-state index contributed by atoms with van der Waals surface area (Å²) in [5.74, 6) is -0.890. The second-order valence-electron chi connectivity index (χ2n) is 5.78. The number of carbonyl (C=O) groups excluding carboxylic acids is 1. The molecule has 0 aromatic carbocycles. The van der Waals surface area contributed by atoms with Gasteiger partial charge in [0.25, 0.3) is 0 Å². The number of morpholine rings is 1. The van der Waals surface area contributed by atoms with Crippen LogP contribution in [0.25, 0.3) is 0 Å². The highest BCUT2D eigenvalue weighted by molar-refractivity contribution is 5.80. The van der Waals surface area contributed by atoms with E-state index in [0.717, 1.165) is 19.3 Å². The maximum absolute atomic E-state index is 12.4. The van der Waals surface area contributed by atoms with Crippen LogP contribution in [0.15, 0.2) is 0 Å². The lowest BCUT2D eigenvalue weighted by atomic mass is 9.90. The number of carboxylic acids is 1. The van der Waals surface area contributed by atoms with Crippen molar-refractivity contribution in [3.63, 3.8) is 0 Å². The van der Waals surface area contributed by atoms with E-state index >= 15 is 0 Å². The first kappa shape index (κ1) is 15.3. The van der Waals surface area contributed by atoms with Crippen LogP contribution in [0.4, 0.5) is 0 Å². The van der Waals surface area contributed by atoms with E-state index in [9.17, 15) is 9.59 Å². The molecule has 114 valence electrons. The monoisotopic (exact) mass is 284 g/mol. The van der Waals surface area contributed by atoms with Gasteiger partial charge in [-0.3, -0.25) is 14.5 Å². The van der Waals surface area contributed by atoms with Gasteiger partial charge in [-0.05, 0) is 26.8 Å². The van der Waals surface area contributed by atoms with Gasteiger partial charge in [0, 0.05) is 6.54 Å². The zero-order chi connectivity index (χ0) is 14.7. The summed E-state index contributed by atoms with van der Waals surface area (Å²) < 4.78 is 5.75. The minimum atomic E-state index is -0.905. The number of aliphatic carboxylic acids is 1. The quantitative estimate of drug-likeness (QED) is 0.817. The second kappa shape index (κ2) is 6.54. The molecule has 1 amide bonds. The number of nitrogens with zero attached hydrogens (tertiary/aromatic N) is 2. The molecule has 3 atom stereocenters. The molecule has 0 radical (unpaired) electrons. The Morgan fingerprint density at radius 2 is 2.10 bits per heavy atom. The van der Waals surface area contributed by atoms with Gasteiger partial charge in [0.2, 0.25) is 5.91 Å². The van der Waals surface area contributed by atoms with Gasteiger partial charge in [0.1, 0.15) is 6.04 Å². The number of fused-ring (bicyclic) bond motifs is 1. The fraction of sp³-hybridized carbons (Fsp3) is 0.857. The highest BCUT2D eigenvalue weighted by Gasteiger charge is 2.37. The highest BCUT2D eigenvalue weighted by atomic mass is 16.5. The molecule has 1 saturated heterocycles. The first-order chi connectivity index (χ1) is 9.50. The molecule has 1 saturated carbocycles. The van der Waals surface area contributed by atoms with Crippen molar-refractivity contribution in [1.29, 1.82) is 0 Å². The number of likely N-dealkylation sites (N-methyl/N-ethyl adjacent to an activating group) is 1. The zero-order valence-electron chi connectivity index (χ0n) is 12.2. The predicted molar refractivity (Wildman–Crippen MR) is 73.4 cm³/mol. The molecule has 2 rings (SSSR count). The molecule has 20 heavy (non-hydrogen) atoms. The van der Waals surface area contributed by atoms with Crippen molar-refractivity contribution < 1.29 is 19.4 Å². The Labute approximate surface area is 119 Å². The van der Waals surface area contributed by atoms with E-state index in [4.69, 9.17) is 9.84 Å². The van der Waals surface area contributed by atoms with Crippen LogP contribution in [-0.2, 0) is 14.3 Å². The van der Waals surface area contributed by atoms with Crippen LogP contribution in [0.2, 0.25) is 0 Å². The topological polar surface area (TPSA) is 70.1 Å². The minimum absolute atomic E-state index is 0.0146. The van der Waals surface area contributed by atoms with Crippen molar-refractivity contribution in [3.05, 3.63) is 0 Å². The molecule has 3 unspecified atom stereocenters. The second-order valence-corrected chi connectivity index (χ2v) is 5.78. The van der Waals surface area contributed by atoms with Gasteiger partial charge in [-0.15, -0.1) is 0 Å². The molecule has 6 heteroatoms. The standard InChI is InChI=1S/C14H24N2O4/c1-10(14(18)19)15(2)9-13(17)16-7-8-20-12-6-4-3-5-11(12)16/h10-12H,3-9H2,1-2H3,(H,18,19). The molecule has 1 aliphatic heterocycles. The molecule has 1 heterocycles. The summed E-state index contributed by atoms with van der Waals surface area (Å²) in [6.07, 6.45) is 4.49. The normalized spacial score (nSPS) is 28.1. The number of carbonyl (C=O) groups is 2. The van der Waals surface area contributed by atoms with E-state index in [1.54, 1.807) is 18.9 Å². The number of carboxylic acid groups (broad SMARTS) is 1. The van der Waals surface area contributed by atoms with E-state index in [-0.39, 0.29) is 24.6 Å². The number of hydrogen-bond donors (Lipinski definition) is 1. The van der Waals surface area contributed by atoms with Crippen LogP contribution in [0.5, 0.6) is 0 Å². The third kappa shape index (κ3) is 3.30. The molecule has 0 bridgehead atoms. The van der Waals surface area contributed by atoms with Crippen LogP contribution in [0, 0.1) is 0 Å². The van der Waals surface area contributed by atoms with Gasteiger partial charge in [0.05, 0.1) is 25.3 Å². The lowest BCUT2D eigenvalue weighted by Crippen LogP contribution is -2.57. The average Bonchev–Trinajstić information content (AvgIpc) is 2.45. The zero-order valence-corrected chi connectivity index (χ0v) is 12.2. The van der Waals surface area contributed by atoms with Gasteiger partial charge in [-0.2, -0.15) is 0 Å². The summed E-state index contributed by atoms with van der Waals surface area (Å²) in [6.45, 7) is 2.95. The summed E-state index contributed by atoms with van der Waals surface area (Å²) in [7, 11) is 1.68. The van der Waals surface area contributed by atoms with Crippen LogP contribution in [0.3, 0.4) is 0 Å². The fourth-order valence-electron chi connectivity index (χ4n) is 3.04. The maximum atomic E-state index is 12.4. The summed E-state index contributed by atoms with van der Waals surface area (Å²) in [5.41, 5.74) is 0. The van der Waals surface area contributed by atoms with Crippen LogP contribution < -0.4 is 0 Å². The smallest absolute Gasteiger partial charge is 0.320 e. The van der Waals surface area contributed by atoms with E-state index in [1.165, 1.54) is 6.42 Å². The number of hydrogen-bond acceptors (Lipinski definition) is 4. The first-order valence-corrected chi connectivity index (χ1v) is 7.35. The number of amides is 1. The number of rotatable bonds is 4. The molecule has 6 nitrogen and oxygen atoms in total. The Morgan fingerprint density at radius 1 is 1.40 bits per heavy atom. The van der Waals surface area contributed by atoms with Crippen molar-refractivity contribution in [2.45, 2.75) is 50.8 Å². The van der Waals surface area contributed by atoms with Crippen LogP contribution >= 0.6 is 0 Å². The maximum Gasteiger partial charge on any atom is 0.320 e. The third-order valence-corrected chi connectivity index (χ3v) is 4.46. The van der Waals surface area contributed by atoms with Gasteiger partial charge in [-0.1, -0.05) is 12.8 Å². The molecule has 0 spiro atoms. The average molecular weight is 284 g/mol. The summed E-state index contributed by atoms with van der Waals surface area (Å²) in [4.78, 5) is 26.8. The Bertz CT molecular complexity index is 372. The van der Waals surface area contributed by atoms with E-state index in [1.807, 2.05) is 4.90 Å².